The molecule has 0 aromatic heterocycles. The fraction of sp³-hybridized carbons (Fsp3) is 0.600. The largest absolute Gasteiger partial charge is 0.371 e. The monoisotopic (exact) mass is 232 g/mol. The van der Waals surface area contributed by atoms with Crippen molar-refractivity contribution < 1.29 is 0 Å². The van der Waals surface area contributed by atoms with Crippen molar-refractivity contribution in [3.8, 4) is 0 Å². The van der Waals surface area contributed by atoms with E-state index in [0.717, 1.165) is 12.5 Å². The maximum atomic E-state index is 3.23. The minimum atomic E-state index is 0.892. The SMILES string of the molecule is CNCCCC1CCN(c2cccc(C)c2)C1. The van der Waals surface area contributed by atoms with Gasteiger partial charge in [0, 0.05) is 18.8 Å². The van der Waals surface area contributed by atoms with Crippen molar-refractivity contribution in [2.75, 3.05) is 31.6 Å². The Morgan fingerprint density at radius 2 is 2.29 bits per heavy atom. The first-order chi connectivity index (χ1) is 8.29. The van der Waals surface area contributed by atoms with Gasteiger partial charge < -0.3 is 10.2 Å². The fourth-order valence-corrected chi connectivity index (χ4v) is 2.69. The molecule has 1 fully saturated rings. The van der Waals surface area contributed by atoms with Crippen molar-refractivity contribution in [1.82, 2.24) is 5.32 Å². The number of nitrogens with one attached hydrogen (secondary N) is 1. The van der Waals surface area contributed by atoms with Crippen molar-refractivity contribution in [3.63, 3.8) is 0 Å². The normalized spacial score (nSPS) is 19.9. The van der Waals surface area contributed by atoms with Crippen LogP contribution in [0.1, 0.15) is 24.8 Å². The summed E-state index contributed by atoms with van der Waals surface area (Å²) in [5.41, 5.74) is 2.77. The zero-order valence-electron chi connectivity index (χ0n) is 11.1. The number of hydrogen-bond acceptors (Lipinski definition) is 2. The maximum Gasteiger partial charge on any atom is 0.0368 e. The van der Waals surface area contributed by atoms with Crippen LogP contribution >= 0.6 is 0 Å². The molecule has 2 nitrogen and oxygen atoms in total. The number of aryl methyl sites for hydroxylation is 1. The van der Waals surface area contributed by atoms with E-state index in [4.69, 9.17) is 0 Å². The zero-order chi connectivity index (χ0) is 12.1. The average molecular weight is 232 g/mol. The second-order valence-corrected chi connectivity index (χ2v) is 5.19. The first-order valence-electron chi connectivity index (χ1n) is 6.76. The van der Waals surface area contributed by atoms with E-state index in [0.29, 0.717) is 0 Å². The predicted molar refractivity (Wildman–Crippen MR) is 74.7 cm³/mol. The third-order valence-corrected chi connectivity index (χ3v) is 3.69. The van der Waals surface area contributed by atoms with Crippen LogP contribution in [0.25, 0.3) is 0 Å². The number of rotatable bonds is 5. The Morgan fingerprint density at radius 1 is 1.41 bits per heavy atom. The molecule has 2 rings (SSSR count). The topological polar surface area (TPSA) is 15.3 Å². The van der Waals surface area contributed by atoms with Crippen LogP contribution in [0.3, 0.4) is 0 Å². The van der Waals surface area contributed by atoms with Crippen molar-refractivity contribution in [1.29, 1.82) is 0 Å². The molecule has 1 unspecified atom stereocenters. The summed E-state index contributed by atoms with van der Waals surface area (Å²) in [4.78, 5) is 2.54. The van der Waals surface area contributed by atoms with Gasteiger partial charge >= 0.3 is 0 Å². The van der Waals surface area contributed by atoms with Crippen LogP contribution in [0, 0.1) is 12.8 Å². The summed E-state index contributed by atoms with van der Waals surface area (Å²) in [6.45, 7) is 5.80. The van der Waals surface area contributed by atoms with E-state index in [1.54, 1.807) is 0 Å². The lowest BCUT2D eigenvalue weighted by atomic mass is 10.0. The highest BCUT2D eigenvalue weighted by atomic mass is 15.1. The molecule has 17 heavy (non-hydrogen) atoms. The van der Waals surface area contributed by atoms with E-state index in [1.165, 1.54) is 43.6 Å². The lowest BCUT2D eigenvalue weighted by Gasteiger charge is -2.19. The van der Waals surface area contributed by atoms with E-state index in [2.05, 4.69) is 41.4 Å². The molecule has 1 aliphatic heterocycles. The molecule has 1 saturated heterocycles. The standard InChI is InChI=1S/C15H24N2/c1-13-5-3-7-15(11-13)17-10-8-14(12-17)6-4-9-16-2/h3,5,7,11,14,16H,4,6,8-10,12H2,1-2H3. The van der Waals surface area contributed by atoms with E-state index in [1.807, 2.05) is 7.05 Å². The summed E-state index contributed by atoms with van der Waals surface area (Å²) in [6, 6.07) is 8.88. The predicted octanol–water partition coefficient (Wildman–Crippen LogP) is 2.82. The van der Waals surface area contributed by atoms with Gasteiger partial charge in [-0.25, -0.2) is 0 Å². The number of benzene rings is 1. The second kappa shape index (κ2) is 6.06. The summed E-state index contributed by atoms with van der Waals surface area (Å²) in [5.74, 6) is 0.892. The third-order valence-electron chi connectivity index (χ3n) is 3.69. The van der Waals surface area contributed by atoms with Gasteiger partial charge in [0.15, 0.2) is 0 Å². The van der Waals surface area contributed by atoms with Gasteiger partial charge in [-0.1, -0.05) is 12.1 Å². The molecule has 0 spiro atoms. The first kappa shape index (κ1) is 12.4. The molecule has 0 saturated carbocycles. The van der Waals surface area contributed by atoms with Crippen LogP contribution in [-0.4, -0.2) is 26.7 Å². The summed E-state index contributed by atoms with van der Waals surface area (Å²) >= 11 is 0. The molecule has 1 aliphatic rings. The Kier molecular flexibility index (Phi) is 4.43. The van der Waals surface area contributed by atoms with Crippen LogP contribution in [-0.2, 0) is 0 Å². The van der Waals surface area contributed by atoms with E-state index < -0.39 is 0 Å². The minimum absolute atomic E-state index is 0.892. The molecule has 1 N–H and O–H groups in total. The van der Waals surface area contributed by atoms with E-state index >= 15 is 0 Å². The van der Waals surface area contributed by atoms with Crippen LogP contribution in [0.15, 0.2) is 24.3 Å². The van der Waals surface area contributed by atoms with Crippen molar-refractivity contribution >= 4 is 5.69 Å². The molecule has 1 heterocycles. The molecular weight excluding hydrogens is 208 g/mol. The van der Waals surface area contributed by atoms with Gasteiger partial charge in [-0.3, -0.25) is 0 Å². The van der Waals surface area contributed by atoms with Crippen molar-refractivity contribution in [3.05, 3.63) is 29.8 Å². The van der Waals surface area contributed by atoms with E-state index in [-0.39, 0.29) is 0 Å². The highest BCUT2D eigenvalue weighted by molar-refractivity contribution is 5.49. The van der Waals surface area contributed by atoms with Crippen LogP contribution in [0.2, 0.25) is 0 Å². The van der Waals surface area contributed by atoms with Crippen LogP contribution < -0.4 is 10.2 Å². The Bertz CT molecular complexity index is 349. The molecule has 0 amide bonds. The Morgan fingerprint density at radius 3 is 3.06 bits per heavy atom. The maximum absolute atomic E-state index is 3.23. The van der Waals surface area contributed by atoms with Crippen LogP contribution in [0.4, 0.5) is 5.69 Å². The summed E-state index contributed by atoms with van der Waals surface area (Å²) in [6.07, 6.45) is 4.03. The molecule has 0 radical (unpaired) electrons. The molecule has 94 valence electrons. The van der Waals surface area contributed by atoms with Gasteiger partial charge in [0.1, 0.15) is 0 Å². The highest BCUT2D eigenvalue weighted by Gasteiger charge is 2.21. The quantitative estimate of drug-likeness (QED) is 0.785. The fourth-order valence-electron chi connectivity index (χ4n) is 2.69. The number of hydrogen-bond donors (Lipinski definition) is 1. The summed E-state index contributed by atoms with van der Waals surface area (Å²) in [5, 5.41) is 3.23. The molecule has 1 aromatic carbocycles. The number of anilines is 1. The lowest BCUT2D eigenvalue weighted by Crippen LogP contribution is -2.20. The Balaban J connectivity index is 1.85. The number of nitrogens with zero attached hydrogens (tertiary/aromatic N) is 1. The zero-order valence-corrected chi connectivity index (χ0v) is 11.1. The van der Waals surface area contributed by atoms with Gasteiger partial charge in [0.2, 0.25) is 0 Å². The lowest BCUT2D eigenvalue weighted by molar-refractivity contribution is 0.506. The molecule has 2 heteroatoms. The Labute approximate surface area is 105 Å². The summed E-state index contributed by atoms with van der Waals surface area (Å²) < 4.78 is 0. The van der Waals surface area contributed by atoms with Gasteiger partial charge in [0.05, 0.1) is 0 Å². The highest BCUT2D eigenvalue weighted by Crippen LogP contribution is 2.26. The summed E-state index contributed by atoms with van der Waals surface area (Å²) in [7, 11) is 2.04. The van der Waals surface area contributed by atoms with Gasteiger partial charge in [0.25, 0.3) is 0 Å². The molecule has 1 atom stereocenters. The van der Waals surface area contributed by atoms with E-state index in [9.17, 15) is 0 Å². The molecule has 0 aliphatic carbocycles. The van der Waals surface area contributed by atoms with Gasteiger partial charge in [-0.05, 0) is 63.4 Å². The van der Waals surface area contributed by atoms with Crippen molar-refractivity contribution in [2.24, 2.45) is 5.92 Å². The molecule has 1 aromatic rings. The first-order valence-corrected chi connectivity index (χ1v) is 6.76. The van der Waals surface area contributed by atoms with Gasteiger partial charge in [-0.15, -0.1) is 0 Å². The van der Waals surface area contributed by atoms with Gasteiger partial charge in [-0.2, -0.15) is 0 Å². The average Bonchev–Trinajstić information content (AvgIpc) is 2.78. The minimum Gasteiger partial charge on any atom is -0.371 e. The van der Waals surface area contributed by atoms with Crippen molar-refractivity contribution in [2.45, 2.75) is 26.2 Å². The van der Waals surface area contributed by atoms with Crippen LogP contribution in [0.5, 0.6) is 0 Å². The third kappa shape index (κ3) is 3.47. The molecular formula is C15H24N2. The Hall–Kier alpha value is -1.02. The second-order valence-electron chi connectivity index (χ2n) is 5.19. The smallest absolute Gasteiger partial charge is 0.0368 e. The molecule has 0 bridgehead atoms.